The van der Waals surface area contributed by atoms with E-state index < -0.39 is 0 Å². The number of rotatable bonds is 3. The highest BCUT2D eigenvalue weighted by atomic mass is 15.0. The van der Waals surface area contributed by atoms with Gasteiger partial charge >= 0.3 is 0 Å². The van der Waals surface area contributed by atoms with Crippen LogP contribution in [0.5, 0.6) is 0 Å². The van der Waals surface area contributed by atoms with E-state index in [0.717, 1.165) is 6.54 Å². The lowest BCUT2D eigenvalue weighted by Gasteiger charge is -2.14. The Hall–Kier alpha value is -0.820. The van der Waals surface area contributed by atoms with Crippen molar-refractivity contribution in [1.82, 2.24) is 4.90 Å². The predicted octanol–water partition coefficient (Wildman–Crippen LogP) is 4.21. The van der Waals surface area contributed by atoms with Gasteiger partial charge in [0.05, 0.1) is 0 Å². The second-order valence-corrected chi connectivity index (χ2v) is 4.58. The van der Waals surface area contributed by atoms with Crippen molar-refractivity contribution in [2.75, 3.05) is 14.1 Å². The Balaban J connectivity index is 0.00000106. The van der Waals surface area contributed by atoms with Crippen molar-refractivity contribution < 1.29 is 0 Å². The van der Waals surface area contributed by atoms with Gasteiger partial charge in [-0.3, -0.25) is 0 Å². The van der Waals surface area contributed by atoms with Gasteiger partial charge in [-0.1, -0.05) is 45.9 Å². The summed E-state index contributed by atoms with van der Waals surface area (Å²) in [5.41, 5.74) is 4.27. The lowest BCUT2D eigenvalue weighted by molar-refractivity contribution is 0.401. The summed E-state index contributed by atoms with van der Waals surface area (Å²) in [5.74, 6) is 0.627. The lowest BCUT2D eigenvalue weighted by Crippen LogP contribution is -2.11. The monoisotopic (exact) mass is 221 g/mol. The quantitative estimate of drug-likeness (QED) is 0.739. The van der Waals surface area contributed by atoms with Crippen LogP contribution in [0.4, 0.5) is 0 Å². The highest BCUT2D eigenvalue weighted by Crippen LogP contribution is 2.18. The average molecular weight is 221 g/mol. The van der Waals surface area contributed by atoms with Crippen molar-refractivity contribution in [3.63, 3.8) is 0 Å². The van der Waals surface area contributed by atoms with Crippen LogP contribution < -0.4 is 0 Å². The maximum atomic E-state index is 2.31. The van der Waals surface area contributed by atoms with E-state index in [9.17, 15) is 0 Å². The van der Waals surface area contributed by atoms with Gasteiger partial charge < -0.3 is 4.90 Å². The van der Waals surface area contributed by atoms with Crippen molar-refractivity contribution in [3.8, 4) is 0 Å². The molecule has 1 nitrogen and oxygen atoms in total. The van der Waals surface area contributed by atoms with Crippen LogP contribution in [0.2, 0.25) is 0 Å². The molecule has 0 heterocycles. The number of nitrogens with zero attached hydrogens (tertiary/aromatic N) is 1. The smallest absolute Gasteiger partial charge is 0.0230 e. The van der Waals surface area contributed by atoms with Crippen molar-refractivity contribution in [2.45, 2.75) is 47.1 Å². The molecule has 0 aliphatic heterocycles. The molecule has 0 N–H and O–H groups in total. The van der Waals surface area contributed by atoms with E-state index in [1.807, 2.05) is 13.8 Å². The number of aryl methyl sites for hydroxylation is 1. The Kier molecular flexibility index (Phi) is 7.07. The fourth-order valence-electron chi connectivity index (χ4n) is 1.60. The molecule has 1 aromatic carbocycles. The van der Waals surface area contributed by atoms with Gasteiger partial charge in [-0.25, -0.2) is 0 Å². The Labute approximate surface area is 101 Å². The first-order valence-corrected chi connectivity index (χ1v) is 6.25. The van der Waals surface area contributed by atoms with Crippen LogP contribution >= 0.6 is 0 Å². The van der Waals surface area contributed by atoms with Gasteiger partial charge in [-0.15, -0.1) is 0 Å². The largest absolute Gasteiger partial charge is 0.305 e. The van der Waals surface area contributed by atoms with Gasteiger partial charge in [0.25, 0.3) is 0 Å². The minimum absolute atomic E-state index is 0.627. The molecule has 0 atom stereocenters. The van der Waals surface area contributed by atoms with Crippen LogP contribution in [0.25, 0.3) is 0 Å². The summed E-state index contributed by atoms with van der Waals surface area (Å²) < 4.78 is 0. The summed E-state index contributed by atoms with van der Waals surface area (Å²) >= 11 is 0. The molecule has 0 amide bonds. The molecule has 0 aliphatic rings. The average Bonchev–Trinajstić information content (AvgIpc) is 2.23. The van der Waals surface area contributed by atoms with Gasteiger partial charge in [-0.2, -0.15) is 0 Å². The minimum Gasteiger partial charge on any atom is -0.305 e. The van der Waals surface area contributed by atoms with Gasteiger partial charge in [0, 0.05) is 6.54 Å². The van der Waals surface area contributed by atoms with E-state index in [0.29, 0.717) is 5.92 Å². The van der Waals surface area contributed by atoms with Crippen LogP contribution in [0.3, 0.4) is 0 Å². The Morgan fingerprint density at radius 2 is 1.69 bits per heavy atom. The van der Waals surface area contributed by atoms with Crippen molar-refractivity contribution in [3.05, 3.63) is 34.9 Å². The standard InChI is InChI=1S/C13H21N.C2H6/c1-10(2)12-6-7-13(9-14(4)5)11(3)8-12;1-2/h6-8,10H,9H2,1-5H3;1-2H3. The van der Waals surface area contributed by atoms with E-state index >= 15 is 0 Å². The summed E-state index contributed by atoms with van der Waals surface area (Å²) in [6, 6.07) is 6.81. The third kappa shape index (κ3) is 4.80. The normalized spacial score (nSPS) is 10.3. The molecule has 1 rings (SSSR count). The maximum absolute atomic E-state index is 2.31. The van der Waals surface area contributed by atoms with E-state index in [1.54, 1.807) is 0 Å². The molecular formula is C15H27N. The first kappa shape index (κ1) is 15.2. The van der Waals surface area contributed by atoms with Crippen LogP contribution in [0.15, 0.2) is 18.2 Å². The molecule has 0 unspecified atom stereocenters. The molecule has 0 bridgehead atoms. The van der Waals surface area contributed by atoms with Gasteiger partial charge in [0.15, 0.2) is 0 Å². The molecule has 92 valence electrons. The summed E-state index contributed by atoms with van der Waals surface area (Å²) in [6.45, 7) is 11.7. The van der Waals surface area contributed by atoms with Crippen molar-refractivity contribution in [1.29, 1.82) is 0 Å². The first-order valence-electron chi connectivity index (χ1n) is 6.25. The zero-order chi connectivity index (χ0) is 12.7. The fraction of sp³-hybridized carbons (Fsp3) is 0.600. The molecular weight excluding hydrogens is 194 g/mol. The highest BCUT2D eigenvalue weighted by Gasteiger charge is 2.03. The Bertz CT molecular complexity index is 300. The van der Waals surface area contributed by atoms with Crippen LogP contribution in [0, 0.1) is 6.92 Å². The summed E-state index contributed by atoms with van der Waals surface area (Å²) in [5, 5.41) is 0. The molecule has 0 saturated carbocycles. The predicted molar refractivity (Wildman–Crippen MR) is 74.0 cm³/mol. The van der Waals surface area contributed by atoms with E-state index in [1.165, 1.54) is 16.7 Å². The third-order valence-corrected chi connectivity index (χ3v) is 2.52. The van der Waals surface area contributed by atoms with Gasteiger partial charge in [0.1, 0.15) is 0 Å². The number of benzene rings is 1. The van der Waals surface area contributed by atoms with Crippen LogP contribution in [0.1, 0.15) is 50.3 Å². The zero-order valence-corrected chi connectivity index (χ0v) is 12.0. The lowest BCUT2D eigenvalue weighted by atomic mass is 9.98. The molecule has 0 aromatic heterocycles. The Morgan fingerprint density at radius 3 is 2.06 bits per heavy atom. The Morgan fingerprint density at radius 1 is 1.12 bits per heavy atom. The van der Waals surface area contributed by atoms with E-state index in [2.05, 4.69) is 58.0 Å². The summed E-state index contributed by atoms with van der Waals surface area (Å²) in [4.78, 5) is 2.21. The maximum Gasteiger partial charge on any atom is 0.0230 e. The van der Waals surface area contributed by atoms with E-state index in [4.69, 9.17) is 0 Å². The van der Waals surface area contributed by atoms with Crippen molar-refractivity contribution >= 4 is 0 Å². The second kappa shape index (κ2) is 7.45. The molecule has 16 heavy (non-hydrogen) atoms. The summed E-state index contributed by atoms with van der Waals surface area (Å²) in [6.07, 6.45) is 0. The van der Waals surface area contributed by atoms with Crippen LogP contribution in [-0.4, -0.2) is 19.0 Å². The van der Waals surface area contributed by atoms with Gasteiger partial charge in [0.2, 0.25) is 0 Å². The number of hydrogen-bond donors (Lipinski definition) is 0. The molecule has 0 spiro atoms. The molecule has 0 radical (unpaired) electrons. The topological polar surface area (TPSA) is 3.24 Å². The molecule has 0 aliphatic carbocycles. The minimum atomic E-state index is 0.627. The van der Waals surface area contributed by atoms with Crippen molar-refractivity contribution in [2.24, 2.45) is 0 Å². The number of hydrogen-bond acceptors (Lipinski definition) is 1. The fourth-order valence-corrected chi connectivity index (χ4v) is 1.60. The molecule has 1 heteroatoms. The summed E-state index contributed by atoms with van der Waals surface area (Å²) in [7, 11) is 4.21. The van der Waals surface area contributed by atoms with E-state index in [-0.39, 0.29) is 0 Å². The second-order valence-electron chi connectivity index (χ2n) is 4.58. The van der Waals surface area contributed by atoms with Gasteiger partial charge in [-0.05, 0) is 43.6 Å². The molecule has 0 fully saturated rings. The first-order chi connectivity index (χ1) is 7.50. The molecule has 1 aromatic rings. The molecule has 0 saturated heterocycles. The van der Waals surface area contributed by atoms with Crippen LogP contribution in [-0.2, 0) is 6.54 Å². The zero-order valence-electron chi connectivity index (χ0n) is 12.0. The highest BCUT2D eigenvalue weighted by molar-refractivity contribution is 5.32. The third-order valence-electron chi connectivity index (χ3n) is 2.52. The SMILES string of the molecule is CC.Cc1cc(C(C)C)ccc1CN(C)C.